The zero-order chi connectivity index (χ0) is 8.10. The minimum Gasteiger partial charge on any atom is -0.478 e. The van der Waals surface area contributed by atoms with Crippen LogP contribution in [-0.4, -0.2) is 23.7 Å². The predicted octanol–water partition coefficient (Wildman–Crippen LogP) is 0.769. The van der Waals surface area contributed by atoms with Crippen molar-refractivity contribution < 1.29 is 9.90 Å². The van der Waals surface area contributed by atoms with Crippen LogP contribution in [0.25, 0.3) is 0 Å². The maximum atomic E-state index is 10.1. The summed E-state index contributed by atoms with van der Waals surface area (Å²) < 4.78 is 0. The second kappa shape index (κ2) is 4.13. The fraction of sp³-hybridized carbons (Fsp3) is 0.625. The number of hydrogen-bond acceptors (Lipinski definition) is 2. The van der Waals surface area contributed by atoms with Crippen molar-refractivity contribution in [2.45, 2.75) is 25.3 Å². The normalized spacial score (nSPS) is 24.5. The van der Waals surface area contributed by atoms with Gasteiger partial charge in [-0.2, -0.15) is 0 Å². The van der Waals surface area contributed by atoms with E-state index < -0.39 is 5.97 Å². The number of nitrogens with one attached hydrogen (secondary N) is 1. The summed E-state index contributed by atoms with van der Waals surface area (Å²) in [5.74, 6) is -0.858. The molecule has 1 saturated heterocycles. The first-order chi connectivity index (χ1) is 5.29. The van der Waals surface area contributed by atoms with Crippen LogP contribution in [0.4, 0.5) is 0 Å². The molecule has 1 rings (SSSR count). The van der Waals surface area contributed by atoms with Gasteiger partial charge in [-0.05, 0) is 25.8 Å². The summed E-state index contributed by atoms with van der Waals surface area (Å²) in [4.78, 5) is 10.1. The largest absolute Gasteiger partial charge is 0.478 e. The van der Waals surface area contributed by atoms with Crippen LogP contribution in [0.1, 0.15) is 19.3 Å². The molecular weight excluding hydrogens is 142 g/mol. The number of rotatable bonds is 3. The molecule has 3 heteroatoms. The van der Waals surface area contributed by atoms with Crippen LogP contribution in [0.2, 0.25) is 0 Å². The molecule has 0 aromatic carbocycles. The Morgan fingerprint density at radius 2 is 2.55 bits per heavy atom. The number of carboxylic acid groups (broad SMARTS) is 1. The zero-order valence-corrected chi connectivity index (χ0v) is 6.42. The lowest BCUT2D eigenvalue weighted by molar-refractivity contribution is -0.131. The summed E-state index contributed by atoms with van der Waals surface area (Å²) in [7, 11) is 0. The number of carbonyl (C=O) groups is 1. The van der Waals surface area contributed by atoms with Crippen LogP contribution in [0.3, 0.4) is 0 Å². The molecule has 0 aromatic rings. The van der Waals surface area contributed by atoms with Crippen molar-refractivity contribution in [3.63, 3.8) is 0 Å². The minimum absolute atomic E-state index is 0.505. The molecule has 1 aliphatic rings. The molecule has 2 N–H and O–H groups in total. The van der Waals surface area contributed by atoms with E-state index in [0.29, 0.717) is 6.04 Å². The van der Waals surface area contributed by atoms with Gasteiger partial charge in [0.1, 0.15) is 0 Å². The van der Waals surface area contributed by atoms with Crippen molar-refractivity contribution in [1.82, 2.24) is 5.32 Å². The molecule has 1 fully saturated rings. The van der Waals surface area contributed by atoms with Gasteiger partial charge in [0.15, 0.2) is 0 Å². The summed E-state index contributed by atoms with van der Waals surface area (Å²) in [5.41, 5.74) is 0. The van der Waals surface area contributed by atoms with E-state index in [9.17, 15) is 4.79 Å². The van der Waals surface area contributed by atoms with E-state index >= 15 is 0 Å². The van der Waals surface area contributed by atoms with Crippen molar-refractivity contribution in [1.29, 1.82) is 0 Å². The van der Waals surface area contributed by atoms with Crippen LogP contribution in [0, 0.1) is 0 Å². The maximum absolute atomic E-state index is 10.1. The molecule has 1 aliphatic heterocycles. The van der Waals surface area contributed by atoms with Crippen LogP contribution < -0.4 is 5.32 Å². The van der Waals surface area contributed by atoms with Crippen LogP contribution in [0.5, 0.6) is 0 Å². The molecule has 0 amide bonds. The van der Waals surface area contributed by atoms with Crippen LogP contribution in [-0.2, 0) is 4.79 Å². The van der Waals surface area contributed by atoms with E-state index in [2.05, 4.69) is 5.32 Å². The van der Waals surface area contributed by atoms with E-state index in [1.165, 1.54) is 18.9 Å². The average molecular weight is 155 g/mol. The molecule has 62 valence electrons. The Balaban J connectivity index is 2.15. The van der Waals surface area contributed by atoms with Crippen LogP contribution >= 0.6 is 0 Å². The second-order valence-electron chi connectivity index (χ2n) is 2.77. The Labute approximate surface area is 66.1 Å². The van der Waals surface area contributed by atoms with Gasteiger partial charge in [-0.15, -0.1) is 0 Å². The molecule has 0 radical (unpaired) electrons. The average Bonchev–Trinajstić information content (AvgIpc) is 2.39. The fourth-order valence-corrected chi connectivity index (χ4v) is 1.29. The van der Waals surface area contributed by atoms with Crippen LogP contribution in [0.15, 0.2) is 12.2 Å². The quantitative estimate of drug-likeness (QED) is 0.592. The smallest absolute Gasteiger partial charge is 0.327 e. The molecular formula is C8H13NO2. The van der Waals surface area contributed by atoms with Gasteiger partial charge in [0.25, 0.3) is 0 Å². The Bertz CT molecular complexity index is 159. The third kappa shape index (κ3) is 3.18. The predicted molar refractivity (Wildman–Crippen MR) is 42.4 cm³/mol. The molecule has 0 spiro atoms. The summed E-state index contributed by atoms with van der Waals surface area (Å²) in [6.45, 7) is 1.07. The van der Waals surface area contributed by atoms with Gasteiger partial charge in [-0.25, -0.2) is 4.79 Å². The van der Waals surface area contributed by atoms with Gasteiger partial charge in [0.2, 0.25) is 0 Å². The van der Waals surface area contributed by atoms with E-state index in [0.717, 1.165) is 13.0 Å². The molecule has 1 atom stereocenters. The fourth-order valence-electron chi connectivity index (χ4n) is 1.29. The molecule has 0 aromatic heterocycles. The monoisotopic (exact) mass is 155 g/mol. The molecule has 0 saturated carbocycles. The van der Waals surface area contributed by atoms with Gasteiger partial charge in [-0.1, -0.05) is 6.08 Å². The maximum Gasteiger partial charge on any atom is 0.327 e. The van der Waals surface area contributed by atoms with Crippen molar-refractivity contribution in [2.75, 3.05) is 6.54 Å². The minimum atomic E-state index is -0.858. The SMILES string of the molecule is O=C(O)/C=C\CC1CCCN1. The highest BCUT2D eigenvalue weighted by Gasteiger charge is 2.11. The van der Waals surface area contributed by atoms with Crippen molar-refractivity contribution in [3.05, 3.63) is 12.2 Å². The molecule has 1 heterocycles. The lowest BCUT2D eigenvalue weighted by Crippen LogP contribution is -2.20. The Morgan fingerprint density at radius 1 is 1.73 bits per heavy atom. The van der Waals surface area contributed by atoms with E-state index in [-0.39, 0.29) is 0 Å². The van der Waals surface area contributed by atoms with E-state index in [4.69, 9.17) is 5.11 Å². The van der Waals surface area contributed by atoms with Crippen molar-refractivity contribution in [2.24, 2.45) is 0 Å². The third-order valence-electron chi connectivity index (χ3n) is 1.84. The Hall–Kier alpha value is -0.830. The van der Waals surface area contributed by atoms with E-state index in [1.54, 1.807) is 6.08 Å². The topological polar surface area (TPSA) is 49.3 Å². The van der Waals surface area contributed by atoms with Gasteiger partial charge in [-0.3, -0.25) is 0 Å². The Kier molecular flexibility index (Phi) is 3.11. The van der Waals surface area contributed by atoms with Gasteiger partial charge >= 0.3 is 5.97 Å². The second-order valence-corrected chi connectivity index (χ2v) is 2.77. The Morgan fingerprint density at radius 3 is 3.09 bits per heavy atom. The van der Waals surface area contributed by atoms with Crippen molar-refractivity contribution >= 4 is 5.97 Å². The molecule has 3 nitrogen and oxygen atoms in total. The molecule has 11 heavy (non-hydrogen) atoms. The summed E-state index contributed by atoms with van der Waals surface area (Å²) in [6.07, 6.45) is 6.15. The van der Waals surface area contributed by atoms with Crippen molar-refractivity contribution in [3.8, 4) is 0 Å². The van der Waals surface area contributed by atoms with Gasteiger partial charge < -0.3 is 10.4 Å². The lowest BCUT2D eigenvalue weighted by atomic mass is 10.1. The first kappa shape index (κ1) is 8.27. The first-order valence-electron chi connectivity index (χ1n) is 3.92. The highest BCUT2D eigenvalue weighted by atomic mass is 16.4. The summed E-state index contributed by atoms with van der Waals surface area (Å²) in [6, 6.07) is 0.505. The highest BCUT2D eigenvalue weighted by molar-refractivity contribution is 5.79. The standard InChI is InChI=1S/C8H13NO2/c10-8(11)5-1-3-7-4-2-6-9-7/h1,5,7,9H,2-4,6H2,(H,10,11)/b5-1-. The third-order valence-corrected chi connectivity index (χ3v) is 1.84. The lowest BCUT2D eigenvalue weighted by Gasteiger charge is -2.03. The van der Waals surface area contributed by atoms with E-state index in [1.807, 2.05) is 0 Å². The first-order valence-corrected chi connectivity index (χ1v) is 3.92. The number of hydrogen-bond donors (Lipinski definition) is 2. The zero-order valence-electron chi connectivity index (χ0n) is 6.42. The number of carboxylic acids is 1. The number of aliphatic carboxylic acids is 1. The summed E-state index contributed by atoms with van der Waals surface area (Å²) >= 11 is 0. The molecule has 0 bridgehead atoms. The van der Waals surface area contributed by atoms with Gasteiger partial charge in [0.05, 0.1) is 0 Å². The molecule has 1 unspecified atom stereocenters. The summed E-state index contributed by atoms with van der Waals surface area (Å²) in [5, 5.41) is 11.6. The molecule has 0 aliphatic carbocycles. The highest BCUT2D eigenvalue weighted by Crippen LogP contribution is 2.08. The van der Waals surface area contributed by atoms with Gasteiger partial charge in [0, 0.05) is 12.1 Å².